The summed E-state index contributed by atoms with van der Waals surface area (Å²) >= 11 is 3.23. The van der Waals surface area contributed by atoms with Gasteiger partial charge in [-0.2, -0.15) is 0 Å². The fraction of sp³-hybridized carbons (Fsp3) is 0.375. The molecular weight excluding hydrogens is 248 g/mol. The maximum Gasteiger partial charge on any atom is 0.271 e. The molecule has 1 aromatic heterocycles. The van der Waals surface area contributed by atoms with Crippen LogP contribution in [-0.2, 0) is 0 Å². The molecule has 5 nitrogen and oxygen atoms in total. The van der Waals surface area contributed by atoms with Crippen LogP contribution < -0.4 is 10.6 Å². The molecule has 6 heteroatoms. The minimum Gasteiger partial charge on any atom is -0.345 e. The third-order valence-electron chi connectivity index (χ3n) is 2.00. The van der Waals surface area contributed by atoms with E-state index in [2.05, 4.69) is 36.5 Å². The molecule has 1 aromatic rings. The number of nitrogens with one attached hydrogen (secondary N) is 2. The second kappa shape index (κ2) is 4.02. The summed E-state index contributed by atoms with van der Waals surface area (Å²) in [5.74, 6) is -0.161. The first-order chi connectivity index (χ1) is 6.77. The molecule has 2 N–H and O–H groups in total. The molecule has 0 unspecified atom stereocenters. The molecule has 0 aromatic carbocycles. The number of nitrogens with zero attached hydrogens (tertiary/aromatic N) is 2. The van der Waals surface area contributed by atoms with Crippen LogP contribution in [0.2, 0.25) is 0 Å². The summed E-state index contributed by atoms with van der Waals surface area (Å²) in [6.07, 6.45) is 2.92. The van der Waals surface area contributed by atoms with Crippen LogP contribution in [0.15, 0.2) is 17.0 Å². The molecule has 1 aliphatic rings. The molecule has 1 saturated heterocycles. The van der Waals surface area contributed by atoms with E-state index in [9.17, 15) is 4.79 Å². The normalized spacial score (nSPS) is 16.1. The van der Waals surface area contributed by atoms with E-state index in [1.807, 2.05) is 0 Å². The van der Waals surface area contributed by atoms with Crippen molar-refractivity contribution < 1.29 is 4.79 Å². The van der Waals surface area contributed by atoms with Crippen molar-refractivity contribution in [2.45, 2.75) is 6.04 Å². The van der Waals surface area contributed by atoms with Crippen LogP contribution in [0.25, 0.3) is 0 Å². The Hall–Kier alpha value is -1.01. The van der Waals surface area contributed by atoms with Crippen LogP contribution in [0.3, 0.4) is 0 Å². The standard InChI is InChI=1S/C8H9BrN4O/c9-6-3-11-4-12-7(6)8(14)13-5-1-10-2-5/h3-5,10H,1-2H2,(H,13,14). The van der Waals surface area contributed by atoms with Crippen molar-refractivity contribution in [1.29, 1.82) is 0 Å². The number of amides is 1. The molecule has 2 heterocycles. The van der Waals surface area contributed by atoms with Gasteiger partial charge in [-0.15, -0.1) is 0 Å². The molecule has 1 aliphatic heterocycles. The molecule has 0 atom stereocenters. The second-order valence-electron chi connectivity index (χ2n) is 3.05. The summed E-state index contributed by atoms with van der Waals surface area (Å²) in [5, 5.41) is 5.93. The summed E-state index contributed by atoms with van der Waals surface area (Å²) in [4.78, 5) is 19.3. The van der Waals surface area contributed by atoms with Crippen LogP contribution in [0.4, 0.5) is 0 Å². The molecular formula is C8H9BrN4O. The van der Waals surface area contributed by atoms with Gasteiger partial charge in [0.2, 0.25) is 0 Å². The molecule has 14 heavy (non-hydrogen) atoms. The Morgan fingerprint density at radius 2 is 2.43 bits per heavy atom. The zero-order valence-corrected chi connectivity index (χ0v) is 8.91. The Labute approximate surface area is 89.5 Å². The summed E-state index contributed by atoms with van der Waals surface area (Å²) in [6, 6.07) is 0.226. The number of hydrogen-bond acceptors (Lipinski definition) is 4. The van der Waals surface area contributed by atoms with E-state index in [0.29, 0.717) is 10.2 Å². The molecule has 0 radical (unpaired) electrons. The van der Waals surface area contributed by atoms with E-state index in [0.717, 1.165) is 13.1 Å². The molecule has 74 valence electrons. The van der Waals surface area contributed by atoms with Crippen molar-refractivity contribution in [2.75, 3.05) is 13.1 Å². The van der Waals surface area contributed by atoms with Gasteiger partial charge in [0, 0.05) is 19.3 Å². The Morgan fingerprint density at radius 1 is 1.64 bits per heavy atom. The fourth-order valence-corrected chi connectivity index (χ4v) is 1.52. The lowest BCUT2D eigenvalue weighted by Gasteiger charge is -2.27. The first kappa shape index (κ1) is 9.54. The van der Waals surface area contributed by atoms with Gasteiger partial charge in [-0.25, -0.2) is 9.97 Å². The van der Waals surface area contributed by atoms with Gasteiger partial charge < -0.3 is 10.6 Å². The van der Waals surface area contributed by atoms with Crippen molar-refractivity contribution in [3.8, 4) is 0 Å². The van der Waals surface area contributed by atoms with Gasteiger partial charge in [0.1, 0.15) is 12.0 Å². The van der Waals surface area contributed by atoms with E-state index in [1.54, 1.807) is 6.20 Å². The van der Waals surface area contributed by atoms with E-state index in [4.69, 9.17) is 0 Å². The third-order valence-corrected chi connectivity index (χ3v) is 2.58. The Kier molecular flexibility index (Phi) is 2.74. The predicted octanol–water partition coefficient (Wildman–Crippen LogP) is -0.0593. The topological polar surface area (TPSA) is 66.9 Å². The molecule has 0 aliphatic carbocycles. The maximum absolute atomic E-state index is 11.6. The zero-order valence-electron chi connectivity index (χ0n) is 7.33. The summed E-state index contributed by atoms with van der Waals surface area (Å²) in [5.41, 5.74) is 0.381. The molecule has 2 rings (SSSR count). The predicted molar refractivity (Wildman–Crippen MR) is 53.9 cm³/mol. The van der Waals surface area contributed by atoms with Crippen molar-refractivity contribution >= 4 is 21.8 Å². The summed E-state index contributed by atoms with van der Waals surface area (Å²) in [7, 11) is 0. The number of halogens is 1. The minimum absolute atomic E-state index is 0.161. The van der Waals surface area contributed by atoms with Crippen LogP contribution in [0, 0.1) is 0 Å². The highest BCUT2D eigenvalue weighted by atomic mass is 79.9. The molecule has 0 saturated carbocycles. The quantitative estimate of drug-likeness (QED) is 0.779. The largest absolute Gasteiger partial charge is 0.345 e. The number of hydrogen-bond donors (Lipinski definition) is 2. The minimum atomic E-state index is -0.161. The van der Waals surface area contributed by atoms with Gasteiger partial charge >= 0.3 is 0 Å². The smallest absolute Gasteiger partial charge is 0.271 e. The van der Waals surface area contributed by atoms with Gasteiger partial charge in [-0.1, -0.05) is 0 Å². The van der Waals surface area contributed by atoms with E-state index in [1.165, 1.54) is 6.33 Å². The average molecular weight is 257 g/mol. The number of rotatable bonds is 2. The van der Waals surface area contributed by atoms with Crippen molar-refractivity contribution in [3.63, 3.8) is 0 Å². The SMILES string of the molecule is O=C(NC1CNC1)c1ncncc1Br. The Balaban J connectivity index is 2.06. The highest BCUT2D eigenvalue weighted by molar-refractivity contribution is 9.10. The number of aromatic nitrogens is 2. The average Bonchev–Trinajstić information content (AvgIpc) is 2.12. The first-order valence-corrected chi connectivity index (χ1v) is 5.04. The van der Waals surface area contributed by atoms with Crippen LogP contribution >= 0.6 is 15.9 Å². The van der Waals surface area contributed by atoms with Gasteiger partial charge in [0.15, 0.2) is 0 Å². The van der Waals surface area contributed by atoms with Crippen molar-refractivity contribution in [3.05, 3.63) is 22.7 Å². The monoisotopic (exact) mass is 256 g/mol. The fourth-order valence-electron chi connectivity index (χ4n) is 1.12. The van der Waals surface area contributed by atoms with Crippen LogP contribution in [0.5, 0.6) is 0 Å². The number of carbonyl (C=O) groups excluding carboxylic acids is 1. The maximum atomic E-state index is 11.6. The van der Waals surface area contributed by atoms with E-state index in [-0.39, 0.29) is 11.9 Å². The third kappa shape index (κ3) is 1.91. The lowest BCUT2D eigenvalue weighted by atomic mass is 10.2. The van der Waals surface area contributed by atoms with Gasteiger partial charge in [-0.3, -0.25) is 4.79 Å². The van der Waals surface area contributed by atoms with E-state index >= 15 is 0 Å². The highest BCUT2D eigenvalue weighted by Gasteiger charge is 2.21. The summed E-state index contributed by atoms with van der Waals surface area (Å²) < 4.78 is 0.616. The molecule has 0 spiro atoms. The second-order valence-corrected chi connectivity index (χ2v) is 3.90. The molecule has 0 bridgehead atoms. The Bertz CT molecular complexity index is 353. The van der Waals surface area contributed by atoms with Gasteiger partial charge in [0.25, 0.3) is 5.91 Å². The lowest BCUT2D eigenvalue weighted by molar-refractivity contribution is 0.0918. The first-order valence-electron chi connectivity index (χ1n) is 4.24. The zero-order chi connectivity index (χ0) is 9.97. The van der Waals surface area contributed by atoms with Crippen molar-refractivity contribution in [1.82, 2.24) is 20.6 Å². The van der Waals surface area contributed by atoms with E-state index < -0.39 is 0 Å². The lowest BCUT2D eigenvalue weighted by Crippen LogP contribution is -2.57. The Morgan fingerprint density at radius 3 is 3.00 bits per heavy atom. The van der Waals surface area contributed by atoms with Crippen LogP contribution in [-0.4, -0.2) is 35.0 Å². The summed E-state index contributed by atoms with van der Waals surface area (Å²) in [6.45, 7) is 1.66. The van der Waals surface area contributed by atoms with Crippen LogP contribution in [0.1, 0.15) is 10.5 Å². The van der Waals surface area contributed by atoms with Crippen molar-refractivity contribution in [2.24, 2.45) is 0 Å². The molecule has 1 amide bonds. The number of carbonyl (C=O) groups is 1. The highest BCUT2D eigenvalue weighted by Crippen LogP contribution is 2.11. The van der Waals surface area contributed by atoms with Gasteiger partial charge in [-0.05, 0) is 15.9 Å². The molecule has 1 fully saturated rings. The van der Waals surface area contributed by atoms with Gasteiger partial charge in [0.05, 0.1) is 10.5 Å².